The van der Waals surface area contributed by atoms with E-state index in [-0.39, 0.29) is 23.3 Å². The van der Waals surface area contributed by atoms with Gasteiger partial charge in [0.1, 0.15) is 0 Å². The summed E-state index contributed by atoms with van der Waals surface area (Å²) in [6.07, 6.45) is 0. The van der Waals surface area contributed by atoms with Crippen molar-refractivity contribution in [1.29, 1.82) is 0 Å². The zero-order valence-electron chi connectivity index (χ0n) is 13.9. The largest absolute Gasteiger partial charge is 0.325 e. The summed E-state index contributed by atoms with van der Waals surface area (Å²) in [4.78, 5) is 23.9. The smallest absolute Gasteiger partial charge is 0.234 e. The number of anilines is 2. The van der Waals surface area contributed by atoms with E-state index in [4.69, 9.17) is 23.2 Å². The average molecular weight is 397 g/mol. The van der Waals surface area contributed by atoms with Crippen molar-refractivity contribution in [3.8, 4) is 0 Å². The van der Waals surface area contributed by atoms with Gasteiger partial charge in [-0.3, -0.25) is 9.59 Å². The van der Waals surface area contributed by atoms with Crippen LogP contribution in [0.3, 0.4) is 0 Å². The maximum Gasteiger partial charge on any atom is 0.234 e. The molecule has 0 fully saturated rings. The Morgan fingerprint density at radius 2 is 1.64 bits per heavy atom. The fourth-order valence-electron chi connectivity index (χ4n) is 2.08. The number of halogens is 2. The number of hydrogen-bond donors (Lipinski definition) is 2. The van der Waals surface area contributed by atoms with Crippen LogP contribution in [0.1, 0.15) is 11.1 Å². The minimum atomic E-state index is -0.206. The van der Waals surface area contributed by atoms with Gasteiger partial charge in [-0.25, -0.2) is 0 Å². The monoisotopic (exact) mass is 396 g/mol. The number of carbonyl (C=O) groups excluding carboxylic acids is 2. The molecule has 2 aromatic carbocycles. The Morgan fingerprint density at radius 1 is 0.960 bits per heavy atom. The molecule has 2 aromatic rings. The van der Waals surface area contributed by atoms with Crippen molar-refractivity contribution < 1.29 is 9.59 Å². The number of nitrogens with one attached hydrogen (secondary N) is 2. The van der Waals surface area contributed by atoms with Crippen LogP contribution in [-0.4, -0.2) is 23.3 Å². The van der Waals surface area contributed by atoms with Crippen molar-refractivity contribution >= 4 is 58.2 Å². The maximum atomic E-state index is 12.0. The van der Waals surface area contributed by atoms with Gasteiger partial charge in [0.25, 0.3) is 0 Å². The highest BCUT2D eigenvalue weighted by Crippen LogP contribution is 2.25. The van der Waals surface area contributed by atoms with Crippen molar-refractivity contribution in [2.75, 3.05) is 22.1 Å². The molecule has 0 aliphatic heterocycles. The summed E-state index contributed by atoms with van der Waals surface area (Å²) in [5.41, 5.74) is 3.52. The van der Waals surface area contributed by atoms with Gasteiger partial charge in [-0.15, -0.1) is 11.8 Å². The minimum absolute atomic E-state index is 0.138. The lowest BCUT2D eigenvalue weighted by Crippen LogP contribution is -2.19. The second-order valence-electron chi connectivity index (χ2n) is 5.47. The molecule has 0 saturated heterocycles. The Kier molecular flexibility index (Phi) is 7.17. The van der Waals surface area contributed by atoms with Gasteiger partial charge in [-0.1, -0.05) is 35.3 Å². The van der Waals surface area contributed by atoms with E-state index < -0.39 is 0 Å². The van der Waals surface area contributed by atoms with Gasteiger partial charge in [0.2, 0.25) is 11.8 Å². The first kappa shape index (κ1) is 19.6. The van der Waals surface area contributed by atoms with Crippen LogP contribution in [0.15, 0.2) is 36.4 Å². The first-order chi connectivity index (χ1) is 11.9. The number of hydrogen-bond acceptors (Lipinski definition) is 3. The van der Waals surface area contributed by atoms with Crippen LogP contribution in [0.5, 0.6) is 0 Å². The first-order valence-electron chi connectivity index (χ1n) is 7.55. The molecule has 4 nitrogen and oxygen atoms in total. The van der Waals surface area contributed by atoms with Crippen LogP contribution < -0.4 is 10.6 Å². The molecule has 2 amide bonds. The molecule has 0 saturated carbocycles. The highest BCUT2D eigenvalue weighted by molar-refractivity contribution is 8.00. The zero-order chi connectivity index (χ0) is 18.4. The van der Waals surface area contributed by atoms with Crippen LogP contribution in [0.2, 0.25) is 10.0 Å². The number of thioether (sulfide) groups is 1. The summed E-state index contributed by atoms with van der Waals surface area (Å²) < 4.78 is 0. The molecule has 0 bridgehead atoms. The number of benzene rings is 2. The molecule has 2 rings (SSSR count). The second kappa shape index (κ2) is 9.13. The molecule has 25 heavy (non-hydrogen) atoms. The van der Waals surface area contributed by atoms with E-state index in [1.54, 1.807) is 18.2 Å². The fourth-order valence-corrected chi connectivity index (χ4v) is 3.00. The Labute approximate surface area is 161 Å². The first-order valence-corrected chi connectivity index (χ1v) is 9.46. The highest BCUT2D eigenvalue weighted by atomic mass is 35.5. The van der Waals surface area contributed by atoms with Gasteiger partial charge in [-0.2, -0.15) is 0 Å². The quantitative estimate of drug-likeness (QED) is 0.728. The summed E-state index contributed by atoms with van der Waals surface area (Å²) in [5.74, 6) is 0.0202. The lowest BCUT2D eigenvalue weighted by Gasteiger charge is -2.10. The minimum Gasteiger partial charge on any atom is -0.325 e. The lowest BCUT2D eigenvalue weighted by molar-refractivity contribution is -0.114. The van der Waals surface area contributed by atoms with E-state index in [9.17, 15) is 9.59 Å². The Balaban J connectivity index is 1.77. The van der Waals surface area contributed by atoms with Gasteiger partial charge in [-0.05, 0) is 49.2 Å². The van der Waals surface area contributed by atoms with Crippen LogP contribution in [0.25, 0.3) is 0 Å². The second-order valence-corrected chi connectivity index (χ2v) is 7.27. The van der Waals surface area contributed by atoms with Gasteiger partial charge in [0.05, 0.1) is 21.6 Å². The molecule has 0 aliphatic rings. The van der Waals surface area contributed by atoms with Crippen LogP contribution in [0.4, 0.5) is 11.4 Å². The summed E-state index contributed by atoms with van der Waals surface area (Å²) in [7, 11) is 0. The molecule has 0 heterocycles. The number of amides is 2. The summed E-state index contributed by atoms with van der Waals surface area (Å²) in [6.45, 7) is 3.95. The SMILES string of the molecule is Cc1cccc(NC(=O)CSCC(=O)Nc2ccc(Cl)c(Cl)c2)c1C. The predicted molar refractivity (Wildman–Crippen MR) is 107 cm³/mol. The maximum absolute atomic E-state index is 12.0. The Hall–Kier alpha value is -1.69. The molecule has 0 atom stereocenters. The summed E-state index contributed by atoms with van der Waals surface area (Å²) in [5, 5.41) is 6.38. The number of carbonyl (C=O) groups is 2. The van der Waals surface area contributed by atoms with Gasteiger partial charge >= 0.3 is 0 Å². The normalized spacial score (nSPS) is 10.4. The average Bonchev–Trinajstić information content (AvgIpc) is 2.55. The highest BCUT2D eigenvalue weighted by Gasteiger charge is 2.09. The van der Waals surface area contributed by atoms with E-state index in [0.717, 1.165) is 16.8 Å². The zero-order valence-corrected chi connectivity index (χ0v) is 16.2. The number of aryl methyl sites for hydroxylation is 1. The van der Waals surface area contributed by atoms with Crippen molar-refractivity contribution in [3.63, 3.8) is 0 Å². The fraction of sp³-hybridized carbons (Fsp3) is 0.222. The lowest BCUT2D eigenvalue weighted by atomic mass is 10.1. The van der Waals surface area contributed by atoms with Crippen LogP contribution >= 0.6 is 35.0 Å². The van der Waals surface area contributed by atoms with E-state index >= 15 is 0 Å². The Bertz CT molecular complexity index is 797. The summed E-state index contributed by atoms with van der Waals surface area (Å²) >= 11 is 13.0. The molecular formula is C18H18Cl2N2O2S. The predicted octanol–water partition coefficient (Wildman–Crippen LogP) is 4.92. The number of rotatable bonds is 6. The van der Waals surface area contributed by atoms with Crippen molar-refractivity contribution in [2.24, 2.45) is 0 Å². The van der Waals surface area contributed by atoms with E-state index in [1.807, 2.05) is 32.0 Å². The van der Waals surface area contributed by atoms with E-state index in [2.05, 4.69) is 10.6 Å². The molecule has 2 N–H and O–H groups in total. The third kappa shape index (κ3) is 5.96. The third-order valence-corrected chi connectivity index (χ3v) is 5.22. The molecule has 0 unspecified atom stereocenters. The molecule has 7 heteroatoms. The van der Waals surface area contributed by atoms with Crippen LogP contribution in [-0.2, 0) is 9.59 Å². The van der Waals surface area contributed by atoms with E-state index in [1.165, 1.54) is 11.8 Å². The van der Waals surface area contributed by atoms with Gasteiger partial charge in [0.15, 0.2) is 0 Å². The van der Waals surface area contributed by atoms with Gasteiger partial charge < -0.3 is 10.6 Å². The third-order valence-electron chi connectivity index (χ3n) is 3.55. The Morgan fingerprint density at radius 3 is 2.32 bits per heavy atom. The topological polar surface area (TPSA) is 58.2 Å². The molecule has 0 aliphatic carbocycles. The molecule has 0 spiro atoms. The molecular weight excluding hydrogens is 379 g/mol. The molecule has 132 valence electrons. The van der Waals surface area contributed by atoms with E-state index in [0.29, 0.717) is 15.7 Å². The van der Waals surface area contributed by atoms with Crippen molar-refractivity contribution in [2.45, 2.75) is 13.8 Å². The standard InChI is InChI=1S/C18H18Cl2N2O2S/c1-11-4-3-5-16(12(11)2)22-18(24)10-25-9-17(23)21-13-6-7-14(19)15(20)8-13/h3-8H,9-10H2,1-2H3,(H,21,23)(H,22,24). The van der Waals surface area contributed by atoms with Crippen LogP contribution in [0, 0.1) is 13.8 Å². The molecule has 0 radical (unpaired) electrons. The molecule has 0 aromatic heterocycles. The van der Waals surface area contributed by atoms with Gasteiger partial charge in [0, 0.05) is 11.4 Å². The van der Waals surface area contributed by atoms with Crippen molar-refractivity contribution in [1.82, 2.24) is 0 Å². The van der Waals surface area contributed by atoms with Crippen molar-refractivity contribution in [3.05, 3.63) is 57.6 Å². The summed E-state index contributed by atoms with van der Waals surface area (Å²) in [6, 6.07) is 10.6.